The molecule has 0 spiro atoms. The topological polar surface area (TPSA) is 61.0 Å². The predicted molar refractivity (Wildman–Crippen MR) is 70.1 cm³/mol. The van der Waals surface area contributed by atoms with E-state index in [9.17, 15) is 0 Å². The van der Waals surface area contributed by atoms with Gasteiger partial charge < -0.3 is 10.5 Å². The van der Waals surface area contributed by atoms with E-state index in [1.165, 1.54) is 19.3 Å². The van der Waals surface area contributed by atoms with E-state index in [2.05, 4.69) is 9.97 Å². The summed E-state index contributed by atoms with van der Waals surface area (Å²) in [6.07, 6.45) is 6.72. The first-order valence-corrected chi connectivity index (χ1v) is 6.34. The van der Waals surface area contributed by atoms with Crippen molar-refractivity contribution in [2.75, 3.05) is 6.61 Å². The number of nitrogens with two attached hydrogens (primary N) is 1. The van der Waals surface area contributed by atoms with Crippen LogP contribution < -0.4 is 10.5 Å². The van der Waals surface area contributed by atoms with Crippen molar-refractivity contribution in [2.24, 2.45) is 11.7 Å². The third-order valence-corrected chi connectivity index (χ3v) is 3.35. The summed E-state index contributed by atoms with van der Waals surface area (Å²) in [6, 6.07) is 0. The van der Waals surface area contributed by atoms with Crippen LogP contribution in [-0.4, -0.2) is 21.6 Å². The minimum absolute atomic E-state index is 0.281. The monoisotopic (exact) mass is 251 g/mol. The average molecular weight is 251 g/mol. The van der Waals surface area contributed by atoms with E-state index in [0.717, 1.165) is 12.3 Å². The molecule has 5 heteroatoms. The number of rotatable bonds is 5. The molecule has 0 aliphatic heterocycles. The lowest BCUT2D eigenvalue weighted by atomic mass is 9.83. The zero-order chi connectivity index (χ0) is 12.3. The normalized spacial score (nSPS) is 15.4. The van der Waals surface area contributed by atoms with Gasteiger partial charge in [0, 0.05) is 6.20 Å². The van der Waals surface area contributed by atoms with Gasteiger partial charge in [0.15, 0.2) is 0 Å². The Labute approximate surface area is 107 Å². The second kappa shape index (κ2) is 5.40. The molecule has 1 fully saturated rings. The first kappa shape index (κ1) is 12.2. The summed E-state index contributed by atoms with van der Waals surface area (Å²) in [5.74, 6) is 2.01. The zero-order valence-corrected chi connectivity index (χ0v) is 10.8. The number of aromatic nitrogens is 2. The minimum Gasteiger partial charge on any atom is -0.477 e. The van der Waals surface area contributed by atoms with Gasteiger partial charge in [0.25, 0.3) is 0 Å². The maximum absolute atomic E-state index is 5.67. The number of ether oxygens (including phenoxy) is 1. The van der Waals surface area contributed by atoms with Crippen molar-refractivity contribution in [3.63, 3.8) is 0 Å². The number of hydrogen-bond donors (Lipinski definition) is 1. The van der Waals surface area contributed by atoms with Crippen LogP contribution in [0.4, 0.5) is 0 Å². The molecule has 0 saturated heterocycles. The lowest BCUT2D eigenvalue weighted by molar-refractivity contribution is 0.216. The number of nitrogens with zero attached hydrogens (tertiary/aromatic N) is 2. The van der Waals surface area contributed by atoms with E-state index < -0.39 is 0 Å². The molecular weight excluding hydrogens is 234 g/mol. The van der Waals surface area contributed by atoms with Crippen LogP contribution in [-0.2, 0) is 0 Å². The molecule has 0 amide bonds. The van der Waals surface area contributed by atoms with Crippen molar-refractivity contribution in [1.82, 2.24) is 9.97 Å². The highest BCUT2D eigenvalue weighted by Gasteiger charge is 2.17. The molecule has 1 heterocycles. The summed E-state index contributed by atoms with van der Waals surface area (Å²) in [5.41, 5.74) is 6.23. The van der Waals surface area contributed by atoms with Crippen LogP contribution in [0.15, 0.2) is 6.20 Å². The van der Waals surface area contributed by atoms with Gasteiger partial charge in [-0.3, -0.25) is 0 Å². The molecule has 17 heavy (non-hydrogen) atoms. The summed E-state index contributed by atoms with van der Waals surface area (Å²) in [7, 11) is 0. The Morgan fingerprint density at radius 2 is 2.35 bits per heavy atom. The lowest BCUT2D eigenvalue weighted by Crippen LogP contribution is -2.17. The van der Waals surface area contributed by atoms with Gasteiger partial charge in [-0.05, 0) is 19.3 Å². The highest BCUT2D eigenvalue weighted by atomic mass is 32.1. The van der Waals surface area contributed by atoms with Crippen molar-refractivity contribution in [1.29, 1.82) is 0 Å². The van der Waals surface area contributed by atoms with Crippen molar-refractivity contribution < 1.29 is 4.74 Å². The molecule has 2 rings (SSSR count). The summed E-state index contributed by atoms with van der Waals surface area (Å²) >= 11 is 4.95. The number of hydrogen-bond acceptors (Lipinski definition) is 4. The maximum atomic E-state index is 5.67. The Morgan fingerprint density at radius 3 is 2.94 bits per heavy atom. The smallest absolute Gasteiger partial charge is 0.227 e. The Balaban J connectivity index is 1.97. The molecular formula is C12H17N3OS. The summed E-state index contributed by atoms with van der Waals surface area (Å²) in [4.78, 5) is 8.59. The highest BCUT2D eigenvalue weighted by molar-refractivity contribution is 7.80. The van der Waals surface area contributed by atoms with Crippen molar-refractivity contribution in [2.45, 2.75) is 32.6 Å². The van der Waals surface area contributed by atoms with Gasteiger partial charge in [-0.1, -0.05) is 31.5 Å². The SMILES string of the molecule is Cc1ncc(C(N)=S)c(OCCC2CCC2)n1. The van der Waals surface area contributed by atoms with Crippen LogP contribution in [0.25, 0.3) is 0 Å². The van der Waals surface area contributed by atoms with E-state index in [1.54, 1.807) is 6.20 Å². The second-order valence-electron chi connectivity index (χ2n) is 4.43. The van der Waals surface area contributed by atoms with Gasteiger partial charge in [0.2, 0.25) is 5.88 Å². The average Bonchev–Trinajstić information content (AvgIpc) is 2.21. The number of aryl methyl sites for hydroxylation is 1. The summed E-state index contributed by atoms with van der Waals surface area (Å²) < 4.78 is 5.67. The number of thiocarbonyl (C=S) groups is 1. The van der Waals surface area contributed by atoms with E-state index in [1.807, 2.05) is 6.92 Å². The lowest BCUT2D eigenvalue weighted by Gasteiger charge is -2.25. The molecule has 0 bridgehead atoms. The molecule has 1 aliphatic rings. The molecule has 4 nitrogen and oxygen atoms in total. The third-order valence-electron chi connectivity index (χ3n) is 3.13. The van der Waals surface area contributed by atoms with Gasteiger partial charge in [0.1, 0.15) is 10.8 Å². The largest absolute Gasteiger partial charge is 0.477 e. The van der Waals surface area contributed by atoms with Gasteiger partial charge in [-0.2, -0.15) is 4.98 Å². The predicted octanol–water partition coefficient (Wildman–Crippen LogP) is 1.99. The molecule has 0 atom stereocenters. The van der Waals surface area contributed by atoms with Gasteiger partial charge >= 0.3 is 0 Å². The molecule has 1 aromatic rings. The third kappa shape index (κ3) is 3.12. The first-order valence-electron chi connectivity index (χ1n) is 5.93. The molecule has 1 aliphatic carbocycles. The van der Waals surface area contributed by atoms with Crippen LogP contribution in [0.1, 0.15) is 37.1 Å². The standard InChI is InChI=1S/C12H17N3OS/c1-8-14-7-10(11(13)17)12(15-8)16-6-5-9-3-2-4-9/h7,9H,2-6H2,1H3,(H2,13,17). The fraction of sp³-hybridized carbons (Fsp3) is 0.583. The van der Waals surface area contributed by atoms with Crippen molar-refractivity contribution in [3.8, 4) is 5.88 Å². The fourth-order valence-corrected chi connectivity index (χ4v) is 1.97. The van der Waals surface area contributed by atoms with E-state index in [-0.39, 0.29) is 4.99 Å². The molecule has 0 aromatic carbocycles. The van der Waals surface area contributed by atoms with Crippen LogP contribution in [0.3, 0.4) is 0 Å². The Bertz CT molecular complexity index is 418. The molecule has 1 aromatic heterocycles. The highest BCUT2D eigenvalue weighted by Crippen LogP contribution is 2.29. The van der Waals surface area contributed by atoms with Crippen LogP contribution in [0.2, 0.25) is 0 Å². The van der Waals surface area contributed by atoms with Crippen LogP contribution in [0.5, 0.6) is 5.88 Å². The molecule has 1 saturated carbocycles. The molecule has 92 valence electrons. The zero-order valence-electron chi connectivity index (χ0n) is 9.98. The summed E-state index contributed by atoms with van der Waals surface area (Å²) in [5, 5.41) is 0. The van der Waals surface area contributed by atoms with Crippen LogP contribution >= 0.6 is 12.2 Å². The van der Waals surface area contributed by atoms with Gasteiger partial charge in [0.05, 0.1) is 12.2 Å². The first-order chi connectivity index (χ1) is 8.16. The van der Waals surface area contributed by atoms with Crippen molar-refractivity contribution in [3.05, 3.63) is 17.6 Å². The van der Waals surface area contributed by atoms with E-state index in [0.29, 0.717) is 23.9 Å². The van der Waals surface area contributed by atoms with Gasteiger partial charge in [-0.25, -0.2) is 4.98 Å². The molecule has 0 radical (unpaired) electrons. The Hall–Kier alpha value is -1.23. The summed E-state index contributed by atoms with van der Waals surface area (Å²) in [6.45, 7) is 2.50. The Kier molecular flexibility index (Phi) is 3.89. The molecule has 2 N–H and O–H groups in total. The van der Waals surface area contributed by atoms with E-state index >= 15 is 0 Å². The van der Waals surface area contributed by atoms with Crippen molar-refractivity contribution >= 4 is 17.2 Å². The maximum Gasteiger partial charge on any atom is 0.227 e. The van der Waals surface area contributed by atoms with Gasteiger partial charge in [-0.15, -0.1) is 0 Å². The minimum atomic E-state index is 0.281. The second-order valence-corrected chi connectivity index (χ2v) is 4.87. The van der Waals surface area contributed by atoms with Crippen LogP contribution in [0, 0.1) is 12.8 Å². The Morgan fingerprint density at radius 1 is 1.59 bits per heavy atom. The quantitative estimate of drug-likeness (QED) is 0.811. The fourth-order valence-electron chi connectivity index (χ4n) is 1.83. The van der Waals surface area contributed by atoms with E-state index in [4.69, 9.17) is 22.7 Å². The molecule has 0 unspecified atom stereocenters.